The van der Waals surface area contributed by atoms with E-state index in [0.29, 0.717) is 13.1 Å². The van der Waals surface area contributed by atoms with Crippen molar-refractivity contribution in [3.63, 3.8) is 0 Å². The second-order valence-corrected chi connectivity index (χ2v) is 6.51. The van der Waals surface area contributed by atoms with Crippen LogP contribution in [0.2, 0.25) is 0 Å². The predicted octanol–water partition coefficient (Wildman–Crippen LogP) is 1.58. The van der Waals surface area contributed by atoms with Crippen molar-refractivity contribution in [2.24, 2.45) is 0 Å². The van der Waals surface area contributed by atoms with Crippen molar-refractivity contribution in [3.05, 3.63) is 34.3 Å². The average molecular weight is 292 g/mol. The number of nitrogens with one attached hydrogen (secondary N) is 1. The molecule has 1 aromatic rings. The van der Waals surface area contributed by atoms with Crippen LogP contribution in [-0.2, 0) is 16.4 Å². The lowest BCUT2D eigenvalue weighted by atomic mass is 10.2. The summed E-state index contributed by atoms with van der Waals surface area (Å²) in [5.74, 6) is 0.178. The van der Waals surface area contributed by atoms with Gasteiger partial charge in [-0.2, -0.15) is 0 Å². The standard InChI is InChI=1S/C10H14BrNO2S/c1-15(13,14)7-6-12-8-9-4-2-3-5-10(9)11/h2-5,12H,6-8H2,1H3. The van der Waals surface area contributed by atoms with Crippen LogP contribution >= 0.6 is 15.9 Å². The zero-order chi connectivity index (χ0) is 11.3. The molecule has 0 radical (unpaired) electrons. The van der Waals surface area contributed by atoms with Crippen molar-refractivity contribution in [1.29, 1.82) is 0 Å². The third-order valence-electron chi connectivity index (χ3n) is 1.92. The van der Waals surface area contributed by atoms with E-state index >= 15 is 0 Å². The first-order chi connectivity index (χ1) is 6.99. The topological polar surface area (TPSA) is 46.2 Å². The number of halogens is 1. The minimum atomic E-state index is -2.86. The molecule has 0 unspecified atom stereocenters. The molecule has 0 bridgehead atoms. The first-order valence-corrected chi connectivity index (χ1v) is 7.46. The van der Waals surface area contributed by atoms with Gasteiger partial charge >= 0.3 is 0 Å². The normalized spacial score (nSPS) is 11.6. The molecule has 0 heterocycles. The van der Waals surface area contributed by atoms with Crippen LogP contribution in [0.25, 0.3) is 0 Å². The molecule has 3 nitrogen and oxygen atoms in total. The molecule has 0 aliphatic carbocycles. The molecule has 1 N–H and O–H groups in total. The second kappa shape index (κ2) is 5.63. The summed E-state index contributed by atoms with van der Waals surface area (Å²) in [6, 6.07) is 7.87. The molecule has 0 fully saturated rings. The highest BCUT2D eigenvalue weighted by Gasteiger charge is 2.01. The molecule has 5 heteroatoms. The second-order valence-electron chi connectivity index (χ2n) is 3.40. The Hall–Kier alpha value is -0.390. The van der Waals surface area contributed by atoms with Gasteiger partial charge in [0.1, 0.15) is 9.84 Å². The molecule has 0 aliphatic heterocycles. The molecule has 84 valence electrons. The Labute approximate surface area is 98.9 Å². The number of sulfone groups is 1. The highest BCUT2D eigenvalue weighted by Crippen LogP contribution is 2.14. The maximum atomic E-state index is 10.9. The minimum absolute atomic E-state index is 0.178. The molecule has 1 aromatic carbocycles. The van der Waals surface area contributed by atoms with Gasteiger partial charge in [-0.3, -0.25) is 0 Å². The number of rotatable bonds is 5. The Bertz CT molecular complexity index is 417. The summed E-state index contributed by atoms with van der Waals surface area (Å²) in [6.07, 6.45) is 1.24. The minimum Gasteiger partial charge on any atom is -0.312 e. The van der Waals surface area contributed by atoms with Gasteiger partial charge in [0.05, 0.1) is 5.75 Å². The quantitative estimate of drug-likeness (QED) is 0.838. The average Bonchev–Trinajstić information content (AvgIpc) is 2.13. The third-order valence-corrected chi connectivity index (χ3v) is 3.64. The number of benzene rings is 1. The zero-order valence-corrected chi connectivity index (χ0v) is 10.9. The van der Waals surface area contributed by atoms with Crippen LogP contribution < -0.4 is 5.32 Å². The van der Waals surface area contributed by atoms with Gasteiger partial charge in [0.15, 0.2) is 0 Å². The zero-order valence-electron chi connectivity index (χ0n) is 8.53. The van der Waals surface area contributed by atoms with Crippen LogP contribution in [0.15, 0.2) is 28.7 Å². The lowest BCUT2D eigenvalue weighted by molar-refractivity contribution is 0.596. The van der Waals surface area contributed by atoms with Crippen LogP contribution in [-0.4, -0.2) is 27.0 Å². The van der Waals surface area contributed by atoms with E-state index < -0.39 is 9.84 Å². The van der Waals surface area contributed by atoms with E-state index in [1.165, 1.54) is 6.26 Å². The van der Waals surface area contributed by atoms with E-state index in [2.05, 4.69) is 21.2 Å². The molecule has 0 spiro atoms. The van der Waals surface area contributed by atoms with E-state index in [1.54, 1.807) is 0 Å². The van der Waals surface area contributed by atoms with Crippen molar-refractivity contribution in [3.8, 4) is 0 Å². The Morgan fingerprint density at radius 1 is 1.33 bits per heavy atom. The number of hydrogen-bond acceptors (Lipinski definition) is 3. The van der Waals surface area contributed by atoms with Gasteiger partial charge in [-0.1, -0.05) is 34.1 Å². The molecular weight excluding hydrogens is 278 g/mol. The van der Waals surface area contributed by atoms with Gasteiger partial charge in [0.2, 0.25) is 0 Å². The summed E-state index contributed by atoms with van der Waals surface area (Å²) in [4.78, 5) is 0. The fourth-order valence-electron chi connectivity index (χ4n) is 1.12. The first-order valence-electron chi connectivity index (χ1n) is 4.61. The molecule has 1 rings (SSSR count). The summed E-state index contributed by atoms with van der Waals surface area (Å²) in [5.41, 5.74) is 1.13. The van der Waals surface area contributed by atoms with Crippen molar-refractivity contribution < 1.29 is 8.42 Å². The van der Waals surface area contributed by atoms with Crippen LogP contribution in [0.5, 0.6) is 0 Å². The van der Waals surface area contributed by atoms with Gasteiger partial charge in [-0.25, -0.2) is 8.42 Å². The van der Waals surface area contributed by atoms with Crippen molar-refractivity contribution in [1.82, 2.24) is 5.32 Å². The number of hydrogen-bond donors (Lipinski definition) is 1. The fourth-order valence-corrected chi connectivity index (χ4v) is 2.06. The summed E-state index contributed by atoms with van der Waals surface area (Å²) in [5, 5.41) is 3.09. The predicted molar refractivity (Wildman–Crippen MR) is 65.6 cm³/mol. The summed E-state index contributed by atoms with van der Waals surface area (Å²) in [7, 11) is -2.86. The van der Waals surface area contributed by atoms with Gasteiger partial charge in [0, 0.05) is 23.8 Å². The van der Waals surface area contributed by atoms with E-state index in [0.717, 1.165) is 10.0 Å². The molecule has 0 aliphatic rings. The lowest BCUT2D eigenvalue weighted by Crippen LogP contribution is -2.22. The maximum Gasteiger partial charge on any atom is 0.148 e. The highest BCUT2D eigenvalue weighted by molar-refractivity contribution is 9.10. The van der Waals surface area contributed by atoms with Crippen molar-refractivity contribution in [2.45, 2.75) is 6.54 Å². The van der Waals surface area contributed by atoms with Crippen LogP contribution in [0, 0.1) is 0 Å². The van der Waals surface area contributed by atoms with Crippen LogP contribution in [0.4, 0.5) is 0 Å². The van der Waals surface area contributed by atoms with Crippen LogP contribution in [0.1, 0.15) is 5.56 Å². The van der Waals surface area contributed by atoms with Gasteiger partial charge in [-0.05, 0) is 11.6 Å². The molecule has 0 saturated carbocycles. The van der Waals surface area contributed by atoms with E-state index in [4.69, 9.17) is 0 Å². The monoisotopic (exact) mass is 291 g/mol. The molecule has 0 amide bonds. The lowest BCUT2D eigenvalue weighted by Gasteiger charge is -2.05. The Morgan fingerprint density at radius 3 is 2.60 bits per heavy atom. The molecular formula is C10H14BrNO2S. The molecule has 0 atom stereocenters. The fraction of sp³-hybridized carbons (Fsp3) is 0.400. The van der Waals surface area contributed by atoms with Gasteiger partial charge in [-0.15, -0.1) is 0 Å². The summed E-state index contributed by atoms with van der Waals surface area (Å²) >= 11 is 3.43. The third kappa shape index (κ3) is 5.30. The smallest absolute Gasteiger partial charge is 0.148 e. The van der Waals surface area contributed by atoms with Gasteiger partial charge < -0.3 is 5.32 Å². The van der Waals surface area contributed by atoms with E-state index in [1.807, 2.05) is 24.3 Å². The largest absolute Gasteiger partial charge is 0.312 e. The highest BCUT2D eigenvalue weighted by atomic mass is 79.9. The van der Waals surface area contributed by atoms with Crippen LogP contribution in [0.3, 0.4) is 0 Å². The van der Waals surface area contributed by atoms with E-state index in [-0.39, 0.29) is 5.75 Å². The Morgan fingerprint density at radius 2 is 2.00 bits per heavy atom. The Kier molecular flexibility index (Phi) is 4.76. The van der Waals surface area contributed by atoms with Crippen molar-refractivity contribution >= 4 is 25.8 Å². The summed E-state index contributed by atoms with van der Waals surface area (Å²) < 4.78 is 22.8. The SMILES string of the molecule is CS(=O)(=O)CCNCc1ccccc1Br. The van der Waals surface area contributed by atoms with Gasteiger partial charge in [0.25, 0.3) is 0 Å². The molecule has 0 aromatic heterocycles. The Balaban J connectivity index is 2.36. The maximum absolute atomic E-state index is 10.9. The van der Waals surface area contributed by atoms with E-state index in [9.17, 15) is 8.42 Å². The van der Waals surface area contributed by atoms with Crippen molar-refractivity contribution in [2.75, 3.05) is 18.6 Å². The molecule has 0 saturated heterocycles. The molecule has 15 heavy (non-hydrogen) atoms. The first kappa shape index (κ1) is 12.7. The summed E-state index contributed by atoms with van der Waals surface area (Å²) in [6.45, 7) is 1.16.